The Labute approximate surface area is 144 Å². The zero-order valence-electron chi connectivity index (χ0n) is 14.6. The van der Waals surface area contributed by atoms with Crippen molar-refractivity contribution in [1.29, 1.82) is 0 Å². The maximum Gasteiger partial charge on any atom is 0.125 e. The van der Waals surface area contributed by atoms with E-state index in [2.05, 4.69) is 35.8 Å². The van der Waals surface area contributed by atoms with Crippen LogP contribution in [0.2, 0.25) is 0 Å². The lowest BCUT2D eigenvalue weighted by Gasteiger charge is -2.40. The number of hydrogen-bond acceptors (Lipinski definition) is 2. The minimum absolute atomic E-state index is 0.179. The summed E-state index contributed by atoms with van der Waals surface area (Å²) in [6.07, 6.45) is 2.19. The summed E-state index contributed by atoms with van der Waals surface area (Å²) in [6, 6.07) is 17.7. The van der Waals surface area contributed by atoms with Crippen molar-refractivity contribution < 1.29 is 4.39 Å². The summed E-state index contributed by atoms with van der Waals surface area (Å²) in [7, 11) is 0. The molecule has 0 atom stereocenters. The second-order valence-electron chi connectivity index (χ2n) is 6.90. The van der Waals surface area contributed by atoms with Crippen LogP contribution in [0.25, 0.3) is 0 Å². The van der Waals surface area contributed by atoms with Crippen LogP contribution in [0.4, 0.5) is 15.8 Å². The fraction of sp³-hybridized carbons (Fsp3) is 0.381. The van der Waals surface area contributed by atoms with Crippen molar-refractivity contribution in [3.63, 3.8) is 0 Å². The first-order valence-electron chi connectivity index (χ1n) is 8.75. The first kappa shape index (κ1) is 17.0. The van der Waals surface area contributed by atoms with Gasteiger partial charge in [-0.1, -0.05) is 38.1 Å². The van der Waals surface area contributed by atoms with Gasteiger partial charge in [-0.15, -0.1) is 0 Å². The molecule has 0 aromatic heterocycles. The molecule has 0 aliphatic carbocycles. The molecule has 1 fully saturated rings. The molecule has 3 heteroatoms. The van der Waals surface area contributed by atoms with E-state index in [1.165, 1.54) is 12.0 Å². The molecule has 1 aliphatic heterocycles. The Hall–Kier alpha value is -1.87. The average Bonchev–Trinajstić information content (AvgIpc) is 2.57. The fourth-order valence-electron chi connectivity index (χ4n) is 3.57. The predicted octanol–water partition coefficient (Wildman–Crippen LogP) is 5.04. The highest BCUT2D eigenvalue weighted by Gasteiger charge is 2.26. The Morgan fingerprint density at radius 2 is 1.67 bits per heavy atom. The SMILES string of the molecule is C[C](C)CN1CCC(N(c2ccccc2)c2cccc(F)c2)CC1. The highest BCUT2D eigenvalue weighted by Crippen LogP contribution is 2.32. The number of benzene rings is 2. The monoisotopic (exact) mass is 325 g/mol. The molecule has 0 saturated carbocycles. The van der Waals surface area contributed by atoms with E-state index in [-0.39, 0.29) is 5.82 Å². The van der Waals surface area contributed by atoms with Gasteiger partial charge in [0.05, 0.1) is 0 Å². The van der Waals surface area contributed by atoms with Crippen LogP contribution >= 0.6 is 0 Å². The van der Waals surface area contributed by atoms with Crippen molar-refractivity contribution in [3.8, 4) is 0 Å². The number of hydrogen-bond donors (Lipinski definition) is 0. The second kappa shape index (κ2) is 7.80. The number of likely N-dealkylation sites (tertiary alicyclic amines) is 1. The van der Waals surface area contributed by atoms with Crippen LogP contribution in [0.3, 0.4) is 0 Å². The molecular formula is C21H26FN2. The maximum absolute atomic E-state index is 13.8. The van der Waals surface area contributed by atoms with Gasteiger partial charge < -0.3 is 9.80 Å². The van der Waals surface area contributed by atoms with Crippen LogP contribution in [-0.4, -0.2) is 30.6 Å². The Balaban J connectivity index is 1.81. The second-order valence-corrected chi connectivity index (χ2v) is 6.90. The lowest BCUT2D eigenvalue weighted by Crippen LogP contribution is -2.44. The van der Waals surface area contributed by atoms with Crippen LogP contribution in [0.15, 0.2) is 54.6 Å². The van der Waals surface area contributed by atoms with Crippen molar-refractivity contribution in [2.24, 2.45) is 0 Å². The van der Waals surface area contributed by atoms with Gasteiger partial charge in [-0.2, -0.15) is 0 Å². The van der Waals surface area contributed by atoms with Crippen LogP contribution in [0.5, 0.6) is 0 Å². The van der Waals surface area contributed by atoms with Crippen molar-refractivity contribution >= 4 is 11.4 Å². The molecule has 2 aromatic carbocycles. The smallest absolute Gasteiger partial charge is 0.125 e. The van der Waals surface area contributed by atoms with E-state index >= 15 is 0 Å². The average molecular weight is 325 g/mol. The van der Waals surface area contributed by atoms with Gasteiger partial charge in [0, 0.05) is 37.1 Å². The highest BCUT2D eigenvalue weighted by atomic mass is 19.1. The third-order valence-corrected chi connectivity index (χ3v) is 4.58. The van der Waals surface area contributed by atoms with Gasteiger partial charge >= 0.3 is 0 Å². The Bertz CT molecular complexity index is 633. The first-order valence-corrected chi connectivity index (χ1v) is 8.75. The van der Waals surface area contributed by atoms with Gasteiger partial charge in [0.25, 0.3) is 0 Å². The zero-order chi connectivity index (χ0) is 16.9. The van der Waals surface area contributed by atoms with Crippen LogP contribution < -0.4 is 4.90 Å². The van der Waals surface area contributed by atoms with Crippen LogP contribution in [-0.2, 0) is 0 Å². The number of para-hydroxylation sites is 1. The third kappa shape index (κ3) is 4.15. The number of nitrogens with zero attached hydrogens (tertiary/aromatic N) is 2. The lowest BCUT2D eigenvalue weighted by molar-refractivity contribution is 0.220. The lowest BCUT2D eigenvalue weighted by atomic mass is 10.00. The summed E-state index contributed by atoms with van der Waals surface area (Å²) in [5.74, 6) is 1.28. The molecule has 3 rings (SSSR count). The molecule has 1 saturated heterocycles. The summed E-state index contributed by atoms with van der Waals surface area (Å²) in [4.78, 5) is 4.82. The first-order chi connectivity index (χ1) is 11.6. The van der Waals surface area contributed by atoms with Gasteiger partial charge in [-0.25, -0.2) is 4.39 Å². The van der Waals surface area contributed by atoms with Crippen molar-refractivity contribution in [2.75, 3.05) is 24.5 Å². The van der Waals surface area contributed by atoms with Gasteiger partial charge in [-0.3, -0.25) is 0 Å². The molecule has 2 nitrogen and oxygen atoms in total. The van der Waals surface area contributed by atoms with Crippen LogP contribution in [0, 0.1) is 11.7 Å². The number of halogens is 1. The molecular weight excluding hydrogens is 299 g/mol. The van der Waals surface area contributed by atoms with Crippen molar-refractivity contribution in [3.05, 3.63) is 66.3 Å². The van der Waals surface area contributed by atoms with Gasteiger partial charge in [-0.05, 0) is 49.1 Å². The maximum atomic E-state index is 13.8. The largest absolute Gasteiger partial charge is 0.338 e. The molecule has 0 amide bonds. The van der Waals surface area contributed by atoms with E-state index in [4.69, 9.17) is 0 Å². The molecule has 0 unspecified atom stereocenters. The third-order valence-electron chi connectivity index (χ3n) is 4.58. The summed E-state index contributed by atoms with van der Waals surface area (Å²) in [6.45, 7) is 7.64. The Morgan fingerprint density at radius 1 is 1.00 bits per heavy atom. The van der Waals surface area contributed by atoms with Crippen molar-refractivity contribution in [1.82, 2.24) is 4.90 Å². The minimum Gasteiger partial charge on any atom is -0.338 e. The Kier molecular flexibility index (Phi) is 5.52. The van der Waals surface area contributed by atoms with Crippen LogP contribution in [0.1, 0.15) is 26.7 Å². The molecule has 127 valence electrons. The molecule has 0 spiro atoms. The summed E-state index contributed by atoms with van der Waals surface area (Å²) in [5.41, 5.74) is 2.08. The molecule has 1 radical (unpaired) electrons. The van der Waals surface area contributed by atoms with Gasteiger partial charge in [0.2, 0.25) is 0 Å². The quantitative estimate of drug-likeness (QED) is 0.759. The highest BCUT2D eigenvalue weighted by molar-refractivity contribution is 5.64. The molecule has 0 N–H and O–H groups in total. The van der Waals surface area contributed by atoms with Gasteiger partial charge in [0.1, 0.15) is 5.82 Å². The molecule has 24 heavy (non-hydrogen) atoms. The minimum atomic E-state index is -0.179. The van der Waals surface area contributed by atoms with Gasteiger partial charge in [0.15, 0.2) is 0 Å². The normalized spacial score (nSPS) is 16.5. The predicted molar refractivity (Wildman–Crippen MR) is 99.0 cm³/mol. The molecule has 1 aliphatic rings. The van der Waals surface area contributed by atoms with E-state index in [1.54, 1.807) is 12.1 Å². The topological polar surface area (TPSA) is 6.48 Å². The van der Waals surface area contributed by atoms with E-state index in [0.29, 0.717) is 6.04 Å². The molecule has 0 bridgehead atoms. The Morgan fingerprint density at radius 3 is 2.29 bits per heavy atom. The fourth-order valence-corrected chi connectivity index (χ4v) is 3.57. The van der Waals surface area contributed by atoms with E-state index < -0.39 is 0 Å². The zero-order valence-corrected chi connectivity index (χ0v) is 14.6. The standard InChI is InChI=1S/C21H26FN2/c1-17(2)16-23-13-11-20(12-14-23)24(19-8-4-3-5-9-19)21-10-6-7-18(22)15-21/h3-10,15,20H,11-14,16H2,1-2H3. The molecule has 2 aromatic rings. The number of rotatable bonds is 5. The number of piperidine rings is 1. The van der Waals surface area contributed by atoms with E-state index in [0.717, 1.165) is 43.9 Å². The van der Waals surface area contributed by atoms with Crippen molar-refractivity contribution in [2.45, 2.75) is 32.7 Å². The van der Waals surface area contributed by atoms with E-state index in [1.807, 2.05) is 24.3 Å². The number of anilines is 2. The summed E-state index contributed by atoms with van der Waals surface area (Å²) in [5, 5.41) is 0. The molecule has 1 heterocycles. The summed E-state index contributed by atoms with van der Waals surface area (Å²) < 4.78 is 13.8. The summed E-state index contributed by atoms with van der Waals surface area (Å²) >= 11 is 0. The van der Waals surface area contributed by atoms with E-state index in [9.17, 15) is 4.39 Å².